The summed E-state index contributed by atoms with van der Waals surface area (Å²) in [5.41, 5.74) is 1.37. The molecular formula is C19H25N3O3. The molecule has 0 bridgehead atoms. The second-order valence-corrected chi connectivity index (χ2v) is 6.02. The molecule has 0 aliphatic rings. The standard InChI is InChI=1S/C19H25N3O3/c1-14(2)11-22-16-10-15(12-20-13-16)19(23)21-8-9-25-18-6-4-17(24-3)5-7-18/h4-7,10,12-14,22H,8-9,11H2,1-3H3,(H,21,23). The monoisotopic (exact) mass is 343 g/mol. The fraction of sp³-hybridized carbons (Fsp3) is 0.368. The fourth-order valence-electron chi connectivity index (χ4n) is 2.09. The van der Waals surface area contributed by atoms with Crippen LogP contribution in [0.15, 0.2) is 42.7 Å². The van der Waals surface area contributed by atoms with Gasteiger partial charge in [-0.05, 0) is 36.2 Å². The molecule has 0 fully saturated rings. The molecular weight excluding hydrogens is 318 g/mol. The molecule has 134 valence electrons. The molecule has 0 atom stereocenters. The van der Waals surface area contributed by atoms with Crippen molar-refractivity contribution in [2.24, 2.45) is 5.92 Å². The normalized spacial score (nSPS) is 10.4. The van der Waals surface area contributed by atoms with Gasteiger partial charge in [-0.15, -0.1) is 0 Å². The maximum atomic E-state index is 12.2. The smallest absolute Gasteiger partial charge is 0.253 e. The predicted molar refractivity (Wildman–Crippen MR) is 98.4 cm³/mol. The van der Waals surface area contributed by atoms with E-state index >= 15 is 0 Å². The van der Waals surface area contributed by atoms with E-state index in [0.29, 0.717) is 24.6 Å². The van der Waals surface area contributed by atoms with E-state index in [1.165, 1.54) is 0 Å². The van der Waals surface area contributed by atoms with Crippen molar-refractivity contribution in [3.05, 3.63) is 48.3 Å². The quantitative estimate of drug-likeness (QED) is 0.685. The second-order valence-electron chi connectivity index (χ2n) is 6.02. The van der Waals surface area contributed by atoms with Crippen molar-refractivity contribution in [2.75, 3.05) is 32.1 Å². The molecule has 1 amide bonds. The van der Waals surface area contributed by atoms with Crippen molar-refractivity contribution < 1.29 is 14.3 Å². The summed E-state index contributed by atoms with van der Waals surface area (Å²) in [5.74, 6) is 1.86. The number of hydrogen-bond donors (Lipinski definition) is 2. The van der Waals surface area contributed by atoms with E-state index in [1.54, 1.807) is 25.6 Å². The van der Waals surface area contributed by atoms with Gasteiger partial charge in [0.1, 0.15) is 18.1 Å². The van der Waals surface area contributed by atoms with Gasteiger partial charge in [0.15, 0.2) is 0 Å². The van der Waals surface area contributed by atoms with Crippen LogP contribution in [-0.2, 0) is 0 Å². The van der Waals surface area contributed by atoms with E-state index in [2.05, 4.69) is 29.5 Å². The number of nitrogens with one attached hydrogen (secondary N) is 2. The lowest BCUT2D eigenvalue weighted by Crippen LogP contribution is -2.28. The van der Waals surface area contributed by atoms with Crippen LogP contribution in [0.4, 0.5) is 5.69 Å². The minimum atomic E-state index is -0.168. The summed E-state index contributed by atoms with van der Waals surface area (Å²) < 4.78 is 10.7. The van der Waals surface area contributed by atoms with Crippen LogP contribution in [0.5, 0.6) is 11.5 Å². The topological polar surface area (TPSA) is 72.5 Å². The van der Waals surface area contributed by atoms with Crippen LogP contribution in [-0.4, -0.2) is 37.7 Å². The number of ether oxygens (including phenoxy) is 2. The number of rotatable bonds is 9. The number of carbonyl (C=O) groups excluding carboxylic acids is 1. The van der Waals surface area contributed by atoms with E-state index in [1.807, 2.05) is 24.3 Å². The number of methoxy groups -OCH3 is 1. The number of anilines is 1. The molecule has 0 unspecified atom stereocenters. The first-order chi connectivity index (χ1) is 12.1. The molecule has 2 N–H and O–H groups in total. The molecule has 0 radical (unpaired) electrons. The molecule has 1 heterocycles. The lowest BCUT2D eigenvalue weighted by molar-refractivity contribution is 0.0946. The first kappa shape index (κ1) is 18.6. The van der Waals surface area contributed by atoms with Gasteiger partial charge in [0.05, 0.1) is 24.9 Å². The summed E-state index contributed by atoms with van der Waals surface area (Å²) in [6.45, 7) is 5.88. The van der Waals surface area contributed by atoms with Gasteiger partial charge in [-0.25, -0.2) is 0 Å². The van der Waals surface area contributed by atoms with Gasteiger partial charge in [-0.3, -0.25) is 9.78 Å². The lowest BCUT2D eigenvalue weighted by atomic mass is 10.2. The maximum Gasteiger partial charge on any atom is 0.253 e. The number of pyridine rings is 1. The number of carbonyl (C=O) groups is 1. The molecule has 6 nitrogen and oxygen atoms in total. The Morgan fingerprint density at radius 1 is 1.16 bits per heavy atom. The highest BCUT2D eigenvalue weighted by Crippen LogP contribution is 2.16. The largest absolute Gasteiger partial charge is 0.497 e. The van der Waals surface area contributed by atoms with Crippen LogP contribution >= 0.6 is 0 Å². The average Bonchev–Trinajstić information content (AvgIpc) is 2.64. The Labute approximate surface area is 148 Å². The molecule has 0 saturated carbocycles. The van der Waals surface area contributed by atoms with Crippen molar-refractivity contribution in [1.82, 2.24) is 10.3 Å². The van der Waals surface area contributed by atoms with Crippen molar-refractivity contribution in [3.63, 3.8) is 0 Å². The molecule has 0 saturated heterocycles. The minimum absolute atomic E-state index is 0.168. The summed E-state index contributed by atoms with van der Waals surface area (Å²) in [6, 6.07) is 9.11. The molecule has 6 heteroatoms. The molecule has 2 rings (SSSR count). The summed E-state index contributed by atoms with van der Waals surface area (Å²) in [5, 5.41) is 6.09. The Morgan fingerprint density at radius 3 is 2.56 bits per heavy atom. The Hall–Kier alpha value is -2.76. The van der Waals surface area contributed by atoms with E-state index in [-0.39, 0.29) is 5.91 Å². The second kappa shape index (κ2) is 9.52. The fourth-order valence-corrected chi connectivity index (χ4v) is 2.09. The SMILES string of the molecule is COc1ccc(OCCNC(=O)c2cncc(NCC(C)C)c2)cc1. The molecule has 1 aromatic carbocycles. The van der Waals surface area contributed by atoms with Crippen LogP contribution in [0, 0.1) is 5.92 Å². The minimum Gasteiger partial charge on any atom is -0.497 e. The van der Waals surface area contributed by atoms with E-state index in [9.17, 15) is 4.79 Å². The third-order valence-corrected chi connectivity index (χ3v) is 3.43. The molecule has 25 heavy (non-hydrogen) atoms. The zero-order valence-corrected chi connectivity index (χ0v) is 14.9. The lowest BCUT2D eigenvalue weighted by Gasteiger charge is -2.11. The maximum absolute atomic E-state index is 12.2. The summed E-state index contributed by atoms with van der Waals surface area (Å²) in [4.78, 5) is 16.3. The van der Waals surface area contributed by atoms with Crippen LogP contribution < -0.4 is 20.1 Å². The van der Waals surface area contributed by atoms with Gasteiger partial charge < -0.3 is 20.1 Å². The Balaban J connectivity index is 1.76. The van der Waals surface area contributed by atoms with E-state index in [0.717, 1.165) is 23.7 Å². The van der Waals surface area contributed by atoms with Crippen molar-refractivity contribution >= 4 is 11.6 Å². The van der Waals surface area contributed by atoms with Crippen molar-refractivity contribution in [3.8, 4) is 11.5 Å². The van der Waals surface area contributed by atoms with E-state index in [4.69, 9.17) is 9.47 Å². The predicted octanol–water partition coefficient (Wildman–Crippen LogP) is 2.97. The van der Waals surface area contributed by atoms with E-state index < -0.39 is 0 Å². The summed E-state index contributed by atoms with van der Waals surface area (Å²) in [7, 11) is 1.62. The third-order valence-electron chi connectivity index (χ3n) is 3.43. The Bertz CT molecular complexity index is 672. The highest BCUT2D eigenvalue weighted by Gasteiger charge is 2.07. The zero-order chi connectivity index (χ0) is 18.1. The molecule has 2 aromatic rings. The van der Waals surface area contributed by atoms with Crippen molar-refractivity contribution in [1.29, 1.82) is 0 Å². The van der Waals surface area contributed by atoms with Crippen LogP contribution in [0.3, 0.4) is 0 Å². The van der Waals surface area contributed by atoms with Gasteiger partial charge >= 0.3 is 0 Å². The van der Waals surface area contributed by atoms with Gasteiger partial charge in [-0.1, -0.05) is 13.8 Å². The summed E-state index contributed by atoms with van der Waals surface area (Å²) in [6.07, 6.45) is 3.27. The highest BCUT2D eigenvalue weighted by molar-refractivity contribution is 5.94. The van der Waals surface area contributed by atoms with Gasteiger partial charge in [-0.2, -0.15) is 0 Å². The van der Waals surface area contributed by atoms with Gasteiger partial charge in [0, 0.05) is 18.9 Å². The average molecular weight is 343 g/mol. The van der Waals surface area contributed by atoms with Gasteiger partial charge in [0.25, 0.3) is 5.91 Å². The van der Waals surface area contributed by atoms with Crippen LogP contribution in [0.25, 0.3) is 0 Å². The molecule has 0 aliphatic carbocycles. The first-order valence-electron chi connectivity index (χ1n) is 8.32. The Morgan fingerprint density at radius 2 is 1.88 bits per heavy atom. The number of nitrogens with zero attached hydrogens (tertiary/aromatic N) is 1. The number of aromatic nitrogens is 1. The summed E-state index contributed by atoms with van der Waals surface area (Å²) >= 11 is 0. The number of amides is 1. The zero-order valence-electron chi connectivity index (χ0n) is 14.9. The number of benzene rings is 1. The van der Waals surface area contributed by atoms with Crippen LogP contribution in [0.1, 0.15) is 24.2 Å². The highest BCUT2D eigenvalue weighted by atomic mass is 16.5. The molecule has 0 spiro atoms. The third kappa shape index (κ3) is 6.33. The van der Waals surface area contributed by atoms with Crippen LogP contribution in [0.2, 0.25) is 0 Å². The molecule has 1 aromatic heterocycles. The van der Waals surface area contributed by atoms with Crippen molar-refractivity contribution in [2.45, 2.75) is 13.8 Å². The van der Waals surface area contributed by atoms with Gasteiger partial charge in [0.2, 0.25) is 0 Å². The number of hydrogen-bond acceptors (Lipinski definition) is 5. The first-order valence-corrected chi connectivity index (χ1v) is 8.32. The Kier molecular flexibility index (Phi) is 7.07. The molecule has 0 aliphatic heterocycles.